The number of hydrogen-bond donors (Lipinski definition) is 1. The molecular formula is C14H23NO2S. The lowest BCUT2D eigenvalue weighted by Gasteiger charge is -2.17. The van der Waals surface area contributed by atoms with Gasteiger partial charge in [0.1, 0.15) is 0 Å². The van der Waals surface area contributed by atoms with E-state index < -0.39 is 10.0 Å². The molecule has 0 aliphatic heterocycles. The lowest BCUT2D eigenvalue weighted by atomic mass is 10.0. The van der Waals surface area contributed by atoms with Crippen LogP contribution >= 0.6 is 0 Å². The summed E-state index contributed by atoms with van der Waals surface area (Å²) in [5.74, 6) is 0.207. The Morgan fingerprint density at radius 1 is 1.28 bits per heavy atom. The Kier molecular flexibility index (Phi) is 5.35. The molecule has 0 saturated carbocycles. The lowest BCUT2D eigenvalue weighted by Crippen LogP contribution is -2.29. The number of aryl methyl sites for hydroxylation is 2. The average molecular weight is 269 g/mol. The maximum atomic E-state index is 11.8. The summed E-state index contributed by atoms with van der Waals surface area (Å²) in [6, 6.07) is 5.91. The second-order valence-electron chi connectivity index (χ2n) is 4.87. The molecule has 0 unspecified atom stereocenters. The van der Waals surface area contributed by atoms with E-state index in [9.17, 15) is 8.42 Å². The molecule has 1 aromatic rings. The first-order valence-corrected chi connectivity index (χ1v) is 8.08. The van der Waals surface area contributed by atoms with E-state index >= 15 is 0 Å². The molecule has 0 aliphatic rings. The number of rotatable bonds is 6. The lowest BCUT2D eigenvalue weighted by molar-refractivity contribution is 0.563. The van der Waals surface area contributed by atoms with Gasteiger partial charge >= 0.3 is 0 Å². The van der Waals surface area contributed by atoms with Crippen molar-refractivity contribution in [3.63, 3.8) is 0 Å². The monoisotopic (exact) mass is 269 g/mol. The molecule has 0 amide bonds. The largest absolute Gasteiger partial charge is 0.212 e. The molecule has 0 spiro atoms. The molecule has 4 heteroatoms. The zero-order chi connectivity index (χ0) is 13.8. The van der Waals surface area contributed by atoms with Crippen molar-refractivity contribution in [3.05, 3.63) is 34.9 Å². The molecule has 0 saturated heterocycles. The third-order valence-corrected chi connectivity index (χ3v) is 4.55. The normalized spacial score (nSPS) is 13.6. The first kappa shape index (κ1) is 15.2. The zero-order valence-electron chi connectivity index (χ0n) is 11.7. The summed E-state index contributed by atoms with van der Waals surface area (Å²) in [4.78, 5) is 0. The minimum atomic E-state index is -3.17. The summed E-state index contributed by atoms with van der Waals surface area (Å²) in [6.07, 6.45) is 1.59. The van der Waals surface area contributed by atoms with Crippen LogP contribution in [0.4, 0.5) is 0 Å². The first-order chi connectivity index (χ1) is 8.35. The summed E-state index contributed by atoms with van der Waals surface area (Å²) in [5.41, 5.74) is 3.36. The molecule has 0 aliphatic carbocycles. The highest BCUT2D eigenvalue weighted by Gasteiger charge is 2.16. The van der Waals surface area contributed by atoms with Gasteiger partial charge in [-0.1, -0.05) is 37.1 Å². The van der Waals surface area contributed by atoms with Crippen molar-refractivity contribution in [2.45, 2.75) is 46.6 Å². The van der Waals surface area contributed by atoms with Crippen molar-refractivity contribution in [1.82, 2.24) is 4.72 Å². The highest BCUT2D eigenvalue weighted by molar-refractivity contribution is 7.89. The molecule has 0 heterocycles. The number of sulfonamides is 1. The van der Waals surface area contributed by atoms with Gasteiger partial charge in [0.25, 0.3) is 0 Å². The van der Waals surface area contributed by atoms with Gasteiger partial charge in [-0.2, -0.15) is 0 Å². The minimum Gasteiger partial charge on any atom is -0.212 e. The van der Waals surface area contributed by atoms with Crippen LogP contribution in [0.3, 0.4) is 0 Å². The minimum absolute atomic E-state index is 0.174. The van der Waals surface area contributed by atoms with Crippen LogP contribution in [0.25, 0.3) is 0 Å². The van der Waals surface area contributed by atoms with E-state index in [-0.39, 0.29) is 11.8 Å². The van der Waals surface area contributed by atoms with Gasteiger partial charge < -0.3 is 0 Å². The second-order valence-corrected chi connectivity index (χ2v) is 6.75. The summed E-state index contributed by atoms with van der Waals surface area (Å²) < 4.78 is 26.4. The van der Waals surface area contributed by atoms with Crippen molar-refractivity contribution in [3.8, 4) is 0 Å². The fourth-order valence-corrected chi connectivity index (χ4v) is 3.49. The average Bonchev–Trinajstić information content (AvgIpc) is 2.25. The number of benzene rings is 1. The van der Waals surface area contributed by atoms with Crippen LogP contribution in [-0.2, 0) is 10.0 Å². The van der Waals surface area contributed by atoms with Gasteiger partial charge in [-0.25, -0.2) is 13.1 Å². The second kappa shape index (κ2) is 6.34. The summed E-state index contributed by atoms with van der Waals surface area (Å²) >= 11 is 0. The van der Waals surface area contributed by atoms with Gasteiger partial charge in [0.2, 0.25) is 10.0 Å². The van der Waals surface area contributed by atoms with Crippen LogP contribution in [0.2, 0.25) is 0 Å². The highest BCUT2D eigenvalue weighted by atomic mass is 32.2. The molecular weight excluding hydrogens is 246 g/mol. The van der Waals surface area contributed by atoms with Crippen molar-refractivity contribution in [2.75, 3.05) is 5.75 Å². The van der Waals surface area contributed by atoms with Crippen LogP contribution < -0.4 is 4.72 Å². The Bertz CT molecular complexity index is 495. The van der Waals surface area contributed by atoms with Crippen molar-refractivity contribution >= 4 is 10.0 Å². The third kappa shape index (κ3) is 4.42. The predicted octanol–water partition coefficient (Wildman–Crippen LogP) is 3.08. The number of unbranched alkanes of at least 4 members (excludes halogenated alkanes) is 1. The number of nitrogens with one attached hydrogen (secondary N) is 1. The maximum absolute atomic E-state index is 11.8. The Morgan fingerprint density at radius 3 is 2.50 bits per heavy atom. The van der Waals surface area contributed by atoms with Crippen molar-refractivity contribution < 1.29 is 8.42 Å². The highest BCUT2D eigenvalue weighted by Crippen LogP contribution is 2.19. The van der Waals surface area contributed by atoms with E-state index in [4.69, 9.17) is 0 Å². The van der Waals surface area contributed by atoms with E-state index in [1.165, 1.54) is 5.56 Å². The third-order valence-electron chi connectivity index (χ3n) is 3.01. The maximum Gasteiger partial charge on any atom is 0.212 e. The van der Waals surface area contributed by atoms with E-state index in [1.54, 1.807) is 0 Å². The van der Waals surface area contributed by atoms with Gasteiger partial charge in [0.15, 0.2) is 0 Å². The van der Waals surface area contributed by atoms with Crippen LogP contribution in [0, 0.1) is 13.8 Å². The summed E-state index contributed by atoms with van der Waals surface area (Å²) in [7, 11) is -3.17. The van der Waals surface area contributed by atoms with Gasteiger partial charge in [-0.15, -0.1) is 0 Å². The summed E-state index contributed by atoms with van der Waals surface area (Å²) in [6.45, 7) is 7.93. The Hall–Kier alpha value is -0.870. The SMILES string of the molecule is CCCCS(=O)(=O)N[C@H](C)c1ccc(C)cc1C. The molecule has 1 atom stereocenters. The van der Waals surface area contributed by atoms with Gasteiger partial charge in [-0.05, 0) is 38.3 Å². The molecule has 1 N–H and O–H groups in total. The van der Waals surface area contributed by atoms with Crippen LogP contribution in [0.5, 0.6) is 0 Å². The predicted molar refractivity (Wildman–Crippen MR) is 76.2 cm³/mol. The zero-order valence-corrected chi connectivity index (χ0v) is 12.5. The van der Waals surface area contributed by atoms with Gasteiger partial charge in [0.05, 0.1) is 5.75 Å². The molecule has 1 rings (SSSR count). The van der Waals surface area contributed by atoms with E-state index in [2.05, 4.69) is 10.8 Å². The van der Waals surface area contributed by atoms with E-state index in [0.29, 0.717) is 6.42 Å². The fourth-order valence-electron chi connectivity index (χ4n) is 2.04. The van der Waals surface area contributed by atoms with Crippen molar-refractivity contribution in [2.24, 2.45) is 0 Å². The molecule has 3 nitrogen and oxygen atoms in total. The van der Waals surface area contributed by atoms with Gasteiger partial charge in [0, 0.05) is 6.04 Å². The summed E-state index contributed by atoms with van der Waals surface area (Å²) in [5, 5.41) is 0. The number of hydrogen-bond acceptors (Lipinski definition) is 2. The molecule has 0 bridgehead atoms. The standard InChI is InChI=1S/C14H23NO2S/c1-5-6-9-18(16,17)15-13(4)14-8-7-11(2)10-12(14)3/h7-8,10,13,15H,5-6,9H2,1-4H3/t13-/m1/s1. The quantitative estimate of drug-likeness (QED) is 0.862. The van der Waals surface area contributed by atoms with Gasteiger partial charge in [-0.3, -0.25) is 0 Å². The molecule has 0 fully saturated rings. The fraction of sp³-hybridized carbons (Fsp3) is 0.571. The Balaban J connectivity index is 2.79. The Morgan fingerprint density at radius 2 is 1.94 bits per heavy atom. The molecule has 0 radical (unpaired) electrons. The van der Waals surface area contributed by atoms with E-state index in [1.807, 2.05) is 39.8 Å². The van der Waals surface area contributed by atoms with Crippen LogP contribution in [0.1, 0.15) is 49.4 Å². The molecule has 1 aromatic carbocycles. The van der Waals surface area contributed by atoms with E-state index in [0.717, 1.165) is 17.5 Å². The van der Waals surface area contributed by atoms with Crippen LogP contribution in [0.15, 0.2) is 18.2 Å². The smallest absolute Gasteiger partial charge is 0.212 e. The topological polar surface area (TPSA) is 46.2 Å². The molecule has 18 heavy (non-hydrogen) atoms. The molecule has 0 aromatic heterocycles. The first-order valence-electron chi connectivity index (χ1n) is 6.43. The van der Waals surface area contributed by atoms with Crippen molar-refractivity contribution in [1.29, 1.82) is 0 Å². The Labute approximate surface area is 111 Å². The molecule has 102 valence electrons. The van der Waals surface area contributed by atoms with Crippen LogP contribution in [-0.4, -0.2) is 14.2 Å².